The van der Waals surface area contributed by atoms with Crippen molar-refractivity contribution in [3.63, 3.8) is 0 Å². The average molecular weight is 329 g/mol. The Bertz CT molecular complexity index is 637. The Morgan fingerprint density at radius 3 is 2.29 bits per heavy atom. The second-order valence-corrected chi connectivity index (χ2v) is 5.77. The number of pyridine rings is 1. The molecule has 128 valence electrons. The number of anilines is 2. The summed E-state index contributed by atoms with van der Waals surface area (Å²) in [6.07, 6.45) is 3.88. The van der Waals surface area contributed by atoms with Gasteiger partial charge in [-0.25, -0.2) is 4.98 Å². The van der Waals surface area contributed by atoms with Crippen molar-refractivity contribution in [2.45, 2.75) is 18.9 Å². The molecule has 0 radical (unpaired) electrons. The SMILES string of the molecule is COc1cc(OC)nc(N2CCC(N(C)c3ccccn3)CC2)n1. The number of aromatic nitrogens is 3. The zero-order chi connectivity index (χ0) is 16.9. The molecule has 0 unspecified atom stereocenters. The van der Waals surface area contributed by atoms with Gasteiger partial charge in [-0.05, 0) is 25.0 Å². The molecule has 1 aliphatic heterocycles. The number of ether oxygens (including phenoxy) is 2. The highest BCUT2D eigenvalue weighted by Crippen LogP contribution is 2.25. The van der Waals surface area contributed by atoms with Gasteiger partial charge in [-0.3, -0.25) is 0 Å². The van der Waals surface area contributed by atoms with Gasteiger partial charge < -0.3 is 19.3 Å². The smallest absolute Gasteiger partial charge is 0.231 e. The van der Waals surface area contributed by atoms with E-state index in [1.807, 2.05) is 24.4 Å². The quantitative estimate of drug-likeness (QED) is 0.831. The lowest BCUT2D eigenvalue weighted by molar-refractivity contribution is 0.370. The number of hydrogen-bond acceptors (Lipinski definition) is 7. The maximum Gasteiger partial charge on any atom is 0.231 e. The molecule has 1 saturated heterocycles. The van der Waals surface area contributed by atoms with Crippen molar-refractivity contribution in [2.24, 2.45) is 0 Å². The largest absolute Gasteiger partial charge is 0.481 e. The van der Waals surface area contributed by atoms with Crippen LogP contribution in [0, 0.1) is 0 Å². The van der Waals surface area contributed by atoms with Crippen LogP contribution < -0.4 is 19.3 Å². The number of nitrogens with zero attached hydrogens (tertiary/aromatic N) is 5. The van der Waals surface area contributed by atoms with Crippen LogP contribution >= 0.6 is 0 Å². The van der Waals surface area contributed by atoms with Gasteiger partial charge in [0, 0.05) is 32.4 Å². The lowest BCUT2D eigenvalue weighted by atomic mass is 10.0. The van der Waals surface area contributed by atoms with Crippen molar-refractivity contribution in [1.82, 2.24) is 15.0 Å². The molecule has 3 heterocycles. The van der Waals surface area contributed by atoms with Gasteiger partial charge in [0.05, 0.1) is 20.3 Å². The molecule has 7 heteroatoms. The van der Waals surface area contributed by atoms with Gasteiger partial charge in [0.25, 0.3) is 0 Å². The van der Waals surface area contributed by atoms with E-state index in [0.29, 0.717) is 23.8 Å². The number of methoxy groups -OCH3 is 2. The predicted octanol–water partition coefficient (Wildman–Crippen LogP) is 1.99. The van der Waals surface area contributed by atoms with Crippen LogP contribution in [0.3, 0.4) is 0 Å². The third-order valence-electron chi connectivity index (χ3n) is 4.39. The standard InChI is InChI=1S/C17H23N5O2/c1-21(14-6-4-5-9-18-14)13-7-10-22(11-8-13)17-19-15(23-2)12-16(20-17)24-3/h4-6,9,12-13H,7-8,10-11H2,1-3H3. The summed E-state index contributed by atoms with van der Waals surface area (Å²) in [5.74, 6) is 2.70. The highest BCUT2D eigenvalue weighted by Gasteiger charge is 2.25. The zero-order valence-electron chi connectivity index (χ0n) is 14.3. The first-order valence-corrected chi connectivity index (χ1v) is 8.07. The molecule has 0 bridgehead atoms. The zero-order valence-corrected chi connectivity index (χ0v) is 14.3. The van der Waals surface area contributed by atoms with Crippen molar-refractivity contribution in [3.05, 3.63) is 30.5 Å². The Labute approximate surface area is 142 Å². The monoisotopic (exact) mass is 329 g/mol. The highest BCUT2D eigenvalue weighted by atomic mass is 16.5. The molecule has 24 heavy (non-hydrogen) atoms. The van der Waals surface area contributed by atoms with Gasteiger partial charge in [-0.1, -0.05) is 6.07 Å². The summed E-state index contributed by atoms with van der Waals surface area (Å²) in [7, 11) is 5.30. The van der Waals surface area contributed by atoms with E-state index in [0.717, 1.165) is 31.7 Å². The molecule has 1 fully saturated rings. The molecule has 0 aliphatic carbocycles. The summed E-state index contributed by atoms with van der Waals surface area (Å²) in [4.78, 5) is 17.7. The van der Waals surface area contributed by atoms with Crippen LogP contribution in [0.15, 0.2) is 30.5 Å². The van der Waals surface area contributed by atoms with Gasteiger partial charge in [0.15, 0.2) is 0 Å². The Balaban J connectivity index is 1.67. The average Bonchev–Trinajstić information content (AvgIpc) is 2.67. The van der Waals surface area contributed by atoms with E-state index in [1.54, 1.807) is 20.3 Å². The lowest BCUT2D eigenvalue weighted by Gasteiger charge is -2.37. The fourth-order valence-electron chi connectivity index (χ4n) is 2.95. The van der Waals surface area contributed by atoms with Gasteiger partial charge in [0.1, 0.15) is 5.82 Å². The Kier molecular flexibility index (Phi) is 4.98. The second kappa shape index (κ2) is 7.33. The van der Waals surface area contributed by atoms with Gasteiger partial charge in [0.2, 0.25) is 17.7 Å². The molecule has 2 aromatic rings. The molecule has 1 aliphatic rings. The van der Waals surface area contributed by atoms with E-state index in [9.17, 15) is 0 Å². The molecule has 0 aromatic carbocycles. The van der Waals surface area contributed by atoms with E-state index in [1.165, 1.54) is 0 Å². The second-order valence-electron chi connectivity index (χ2n) is 5.77. The maximum absolute atomic E-state index is 5.23. The first kappa shape index (κ1) is 16.3. The molecule has 0 saturated carbocycles. The van der Waals surface area contributed by atoms with Crippen LogP contribution in [0.25, 0.3) is 0 Å². The highest BCUT2D eigenvalue weighted by molar-refractivity contribution is 5.40. The van der Waals surface area contributed by atoms with E-state index in [2.05, 4.69) is 31.8 Å². The molecular weight excluding hydrogens is 306 g/mol. The molecule has 0 atom stereocenters. The summed E-state index contributed by atoms with van der Waals surface area (Å²) in [5.41, 5.74) is 0. The van der Waals surface area contributed by atoms with E-state index >= 15 is 0 Å². The van der Waals surface area contributed by atoms with Crippen molar-refractivity contribution < 1.29 is 9.47 Å². The normalized spacial score (nSPS) is 15.2. The molecule has 2 aromatic heterocycles. The van der Waals surface area contributed by atoms with Gasteiger partial charge >= 0.3 is 0 Å². The number of piperidine rings is 1. The van der Waals surface area contributed by atoms with Crippen LogP contribution in [-0.2, 0) is 0 Å². The Hall–Kier alpha value is -2.57. The molecule has 0 N–H and O–H groups in total. The van der Waals surface area contributed by atoms with Crippen molar-refractivity contribution in [1.29, 1.82) is 0 Å². The van der Waals surface area contributed by atoms with Crippen LogP contribution in [0.1, 0.15) is 12.8 Å². The van der Waals surface area contributed by atoms with E-state index in [-0.39, 0.29) is 0 Å². The van der Waals surface area contributed by atoms with Crippen molar-refractivity contribution in [3.8, 4) is 11.8 Å². The van der Waals surface area contributed by atoms with Crippen LogP contribution in [0.5, 0.6) is 11.8 Å². The minimum atomic E-state index is 0.462. The minimum absolute atomic E-state index is 0.462. The first-order chi connectivity index (χ1) is 11.7. The fraction of sp³-hybridized carbons (Fsp3) is 0.471. The third kappa shape index (κ3) is 3.50. The Morgan fingerprint density at radius 1 is 1.08 bits per heavy atom. The van der Waals surface area contributed by atoms with Gasteiger partial charge in [-0.15, -0.1) is 0 Å². The van der Waals surface area contributed by atoms with Crippen LogP contribution in [0.2, 0.25) is 0 Å². The Morgan fingerprint density at radius 2 is 1.75 bits per heavy atom. The molecule has 0 amide bonds. The molecule has 3 rings (SSSR count). The molecular formula is C17H23N5O2. The summed E-state index contributed by atoms with van der Waals surface area (Å²) in [5, 5.41) is 0. The van der Waals surface area contributed by atoms with Crippen molar-refractivity contribution in [2.75, 3.05) is 44.2 Å². The number of hydrogen-bond donors (Lipinski definition) is 0. The predicted molar refractivity (Wildman–Crippen MR) is 93.0 cm³/mol. The fourth-order valence-corrected chi connectivity index (χ4v) is 2.95. The topological polar surface area (TPSA) is 63.6 Å². The van der Waals surface area contributed by atoms with Crippen molar-refractivity contribution >= 4 is 11.8 Å². The first-order valence-electron chi connectivity index (χ1n) is 8.07. The number of rotatable bonds is 5. The molecule has 7 nitrogen and oxygen atoms in total. The summed E-state index contributed by atoms with van der Waals surface area (Å²) in [6, 6.07) is 8.15. The minimum Gasteiger partial charge on any atom is -0.481 e. The van der Waals surface area contributed by atoms with Crippen LogP contribution in [-0.4, -0.2) is 55.4 Å². The summed E-state index contributed by atoms with van der Waals surface area (Å²) in [6.45, 7) is 1.77. The lowest BCUT2D eigenvalue weighted by Crippen LogP contribution is -2.44. The van der Waals surface area contributed by atoms with E-state index < -0.39 is 0 Å². The van der Waals surface area contributed by atoms with E-state index in [4.69, 9.17) is 9.47 Å². The summed E-state index contributed by atoms with van der Waals surface area (Å²) >= 11 is 0. The van der Waals surface area contributed by atoms with Crippen LogP contribution in [0.4, 0.5) is 11.8 Å². The third-order valence-corrected chi connectivity index (χ3v) is 4.39. The summed E-state index contributed by atoms with van der Waals surface area (Å²) < 4.78 is 10.5. The molecule has 0 spiro atoms. The maximum atomic E-state index is 5.23. The van der Waals surface area contributed by atoms with Gasteiger partial charge in [-0.2, -0.15) is 9.97 Å².